The highest BCUT2D eigenvalue weighted by molar-refractivity contribution is 5.73. The van der Waals surface area contributed by atoms with Gasteiger partial charge in [-0.1, -0.05) is 6.07 Å². The lowest BCUT2D eigenvalue weighted by Crippen LogP contribution is -1.95. The molecule has 0 saturated heterocycles. The molecule has 0 fully saturated rings. The number of methoxy groups -OCH3 is 1. The number of benzene rings is 2. The predicted octanol–water partition coefficient (Wildman–Crippen LogP) is 2.58. The van der Waals surface area contributed by atoms with E-state index < -0.39 is 0 Å². The van der Waals surface area contributed by atoms with E-state index >= 15 is 0 Å². The molecular formula is C14H14FNO2. The first kappa shape index (κ1) is 12.4. The molecule has 0 unspecified atom stereocenters. The van der Waals surface area contributed by atoms with Gasteiger partial charge in [-0.25, -0.2) is 4.39 Å². The van der Waals surface area contributed by atoms with E-state index in [0.29, 0.717) is 22.6 Å². The number of hydrogen-bond donors (Lipinski definition) is 2. The van der Waals surface area contributed by atoms with Crippen LogP contribution in [0.25, 0.3) is 11.1 Å². The number of halogens is 1. The molecule has 0 bridgehead atoms. The molecule has 94 valence electrons. The van der Waals surface area contributed by atoms with Crippen LogP contribution in [-0.4, -0.2) is 12.2 Å². The van der Waals surface area contributed by atoms with Crippen LogP contribution in [0.5, 0.6) is 5.75 Å². The molecule has 18 heavy (non-hydrogen) atoms. The Morgan fingerprint density at radius 3 is 2.67 bits per heavy atom. The predicted molar refractivity (Wildman–Crippen MR) is 68.7 cm³/mol. The molecule has 0 amide bonds. The zero-order valence-corrected chi connectivity index (χ0v) is 9.98. The van der Waals surface area contributed by atoms with Gasteiger partial charge in [-0.2, -0.15) is 0 Å². The van der Waals surface area contributed by atoms with Crippen molar-refractivity contribution in [1.82, 2.24) is 0 Å². The molecule has 0 saturated carbocycles. The summed E-state index contributed by atoms with van der Waals surface area (Å²) in [5.41, 5.74) is 8.22. The van der Waals surface area contributed by atoms with Gasteiger partial charge in [0.05, 0.1) is 13.7 Å². The summed E-state index contributed by atoms with van der Waals surface area (Å²) in [5.74, 6) is 0.234. The van der Waals surface area contributed by atoms with Crippen molar-refractivity contribution >= 4 is 5.69 Å². The summed E-state index contributed by atoms with van der Waals surface area (Å²) in [7, 11) is 1.53. The molecule has 2 rings (SSSR count). The highest BCUT2D eigenvalue weighted by Crippen LogP contribution is 2.32. The number of aliphatic hydroxyl groups is 1. The maximum Gasteiger partial charge on any atom is 0.126 e. The van der Waals surface area contributed by atoms with E-state index in [1.165, 1.54) is 19.2 Å². The largest absolute Gasteiger partial charge is 0.496 e. The molecule has 0 atom stereocenters. The summed E-state index contributed by atoms with van der Waals surface area (Å²) in [5, 5.41) is 9.19. The summed E-state index contributed by atoms with van der Waals surface area (Å²) >= 11 is 0. The van der Waals surface area contributed by atoms with Crippen LogP contribution in [0, 0.1) is 5.82 Å². The van der Waals surface area contributed by atoms with Crippen LogP contribution in [0.4, 0.5) is 10.1 Å². The van der Waals surface area contributed by atoms with Crippen LogP contribution in [0.3, 0.4) is 0 Å². The summed E-state index contributed by atoms with van der Waals surface area (Å²) < 4.78 is 18.5. The molecule has 0 aliphatic rings. The van der Waals surface area contributed by atoms with E-state index in [1.807, 2.05) is 0 Å². The van der Waals surface area contributed by atoms with Gasteiger partial charge >= 0.3 is 0 Å². The van der Waals surface area contributed by atoms with E-state index in [-0.39, 0.29) is 12.4 Å². The number of nitrogens with two attached hydrogens (primary N) is 1. The minimum atomic E-state index is -0.340. The number of aliphatic hydroxyl groups excluding tert-OH is 1. The van der Waals surface area contributed by atoms with Crippen molar-refractivity contribution in [2.75, 3.05) is 12.8 Å². The summed E-state index contributed by atoms with van der Waals surface area (Å²) in [6.07, 6.45) is 0. The molecule has 3 N–H and O–H groups in total. The molecule has 0 aliphatic heterocycles. The number of anilines is 1. The fourth-order valence-corrected chi connectivity index (χ4v) is 1.82. The van der Waals surface area contributed by atoms with Crippen molar-refractivity contribution in [2.45, 2.75) is 6.61 Å². The second-order valence-electron chi connectivity index (χ2n) is 3.92. The van der Waals surface area contributed by atoms with Crippen LogP contribution in [0.15, 0.2) is 36.4 Å². The number of nitrogen functional groups attached to an aromatic ring is 1. The minimum Gasteiger partial charge on any atom is -0.496 e. The fourth-order valence-electron chi connectivity index (χ4n) is 1.82. The molecular weight excluding hydrogens is 233 g/mol. The monoisotopic (exact) mass is 247 g/mol. The van der Waals surface area contributed by atoms with Crippen LogP contribution < -0.4 is 10.5 Å². The molecule has 0 heterocycles. The van der Waals surface area contributed by atoms with Gasteiger partial charge in [-0.15, -0.1) is 0 Å². The van der Waals surface area contributed by atoms with Gasteiger partial charge in [0, 0.05) is 16.8 Å². The Balaban J connectivity index is 2.57. The van der Waals surface area contributed by atoms with Crippen LogP contribution in [0.1, 0.15) is 5.56 Å². The third kappa shape index (κ3) is 2.28. The Kier molecular flexibility index (Phi) is 3.48. The Hall–Kier alpha value is -2.07. The zero-order valence-electron chi connectivity index (χ0n) is 9.98. The Morgan fingerprint density at radius 1 is 1.22 bits per heavy atom. The number of rotatable bonds is 3. The van der Waals surface area contributed by atoms with Crippen molar-refractivity contribution in [3.05, 3.63) is 47.8 Å². The van der Waals surface area contributed by atoms with Crippen molar-refractivity contribution in [3.8, 4) is 16.9 Å². The smallest absolute Gasteiger partial charge is 0.126 e. The molecule has 0 radical (unpaired) electrons. The maximum atomic E-state index is 13.3. The second kappa shape index (κ2) is 5.06. The zero-order chi connectivity index (χ0) is 13.1. The number of hydrogen-bond acceptors (Lipinski definition) is 3. The average molecular weight is 247 g/mol. The lowest BCUT2D eigenvalue weighted by atomic mass is 10.0. The second-order valence-corrected chi connectivity index (χ2v) is 3.92. The maximum absolute atomic E-state index is 13.3. The molecule has 4 heteroatoms. The molecule has 0 aliphatic carbocycles. The van der Waals surface area contributed by atoms with Crippen LogP contribution >= 0.6 is 0 Å². The first-order valence-corrected chi connectivity index (χ1v) is 5.49. The average Bonchev–Trinajstić information content (AvgIpc) is 2.39. The molecule has 3 nitrogen and oxygen atoms in total. The number of ether oxygens (including phenoxy) is 1. The first-order chi connectivity index (χ1) is 8.65. The van der Waals surface area contributed by atoms with Crippen molar-refractivity contribution in [1.29, 1.82) is 0 Å². The quantitative estimate of drug-likeness (QED) is 0.820. The highest BCUT2D eigenvalue weighted by Gasteiger charge is 2.09. The van der Waals surface area contributed by atoms with Gasteiger partial charge in [0.2, 0.25) is 0 Å². The third-order valence-electron chi connectivity index (χ3n) is 2.79. The minimum absolute atomic E-state index is 0.155. The van der Waals surface area contributed by atoms with E-state index in [1.54, 1.807) is 24.3 Å². The third-order valence-corrected chi connectivity index (χ3v) is 2.79. The fraction of sp³-hybridized carbons (Fsp3) is 0.143. The molecule has 0 spiro atoms. The van der Waals surface area contributed by atoms with Crippen molar-refractivity contribution in [3.63, 3.8) is 0 Å². The summed E-state index contributed by atoms with van der Waals surface area (Å²) in [4.78, 5) is 0. The SMILES string of the molecule is COc1ccc(F)cc1-c1ccc(N)c(CO)c1. The van der Waals surface area contributed by atoms with Gasteiger partial charge in [-0.3, -0.25) is 0 Å². The van der Waals surface area contributed by atoms with E-state index in [4.69, 9.17) is 10.5 Å². The molecule has 2 aromatic rings. The molecule has 2 aromatic carbocycles. The summed E-state index contributed by atoms with van der Waals surface area (Å²) in [6, 6.07) is 9.49. The lowest BCUT2D eigenvalue weighted by Gasteiger charge is -2.11. The van der Waals surface area contributed by atoms with E-state index in [0.717, 1.165) is 5.56 Å². The van der Waals surface area contributed by atoms with Crippen LogP contribution in [-0.2, 0) is 6.61 Å². The van der Waals surface area contributed by atoms with E-state index in [2.05, 4.69) is 0 Å². The van der Waals surface area contributed by atoms with Gasteiger partial charge < -0.3 is 15.6 Å². The Labute approximate surface area is 105 Å². The Bertz CT molecular complexity index is 570. The standard InChI is InChI=1S/C14H14FNO2/c1-18-14-5-3-11(15)7-12(14)9-2-4-13(16)10(6-9)8-17/h2-7,17H,8,16H2,1H3. The Morgan fingerprint density at radius 2 is 2.00 bits per heavy atom. The summed E-state index contributed by atoms with van der Waals surface area (Å²) in [6.45, 7) is -0.155. The van der Waals surface area contributed by atoms with Gasteiger partial charge in [-0.05, 0) is 35.9 Å². The van der Waals surface area contributed by atoms with E-state index in [9.17, 15) is 9.50 Å². The van der Waals surface area contributed by atoms with Crippen molar-refractivity contribution in [2.24, 2.45) is 0 Å². The van der Waals surface area contributed by atoms with Gasteiger partial charge in [0.25, 0.3) is 0 Å². The lowest BCUT2D eigenvalue weighted by molar-refractivity contribution is 0.282. The topological polar surface area (TPSA) is 55.5 Å². The molecule has 0 aromatic heterocycles. The van der Waals surface area contributed by atoms with Crippen molar-refractivity contribution < 1.29 is 14.2 Å². The van der Waals surface area contributed by atoms with Gasteiger partial charge in [0.1, 0.15) is 11.6 Å². The van der Waals surface area contributed by atoms with Crippen LogP contribution in [0.2, 0.25) is 0 Å². The first-order valence-electron chi connectivity index (χ1n) is 5.49. The highest BCUT2D eigenvalue weighted by atomic mass is 19.1. The normalized spacial score (nSPS) is 10.4. The van der Waals surface area contributed by atoms with Gasteiger partial charge in [0.15, 0.2) is 0 Å².